The molecular weight excluding hydrogens is 452 g/mol. The summed E-state index contributed by atoms with van der Waals surface area (Å²) < 4.78 is 5.68. The van der Waals surface area contributed by atoms with Gasteiger partial charge in [-0.2, -0.15) is 0 Å². The van der Waals surface area contributed by atoms with Crippen molar-refractivity contribution in [3.8, 4) is 28.3 Å². The van der Waals surface area contributed by atoms with Crippen LogP contribution in [0.4, 0.5) is 5.69 Å². The van der Waals surface area contributed by atoms with Crippen molar-refractivity contribution in [2.45, 2.75) is 6.54 Å². The summed E-state index contributed by atoms with van der Waals surface area (Å²) >= 11 is 0. The van der Waals surface area contributed by atoms with Crippen molar-refractivity contribution in [3.05, 3.63) is 78.9 Å². The summed E-state index contributed by atoms with van der Waals surface area (Å²) in [4.78, 5) is 34.7. The molecule has 0 N–H and O–H groups in total. The normalized spacial score (nSPS) is 18.2. The maximum Gasteiger partial charge on any atom is 0.264 e. The molecule has 2 fully saturated rings. The van der Waals surface area contributed by atoms with Gasteiger partial charge in [0.05, 0.1) is 5.69 Å². The fourth-order valence-corrected chi connectivity index (χ4v) is 5.54. The topological polar surface area (TPSA) is 66.0 Å². The lowest BCUT2D eigenvalue weighted by atomic mass is 9.72. The number of likely N-dealkylation sites (N-methyl/N-ethyl adjacent to an activating group) is 1. The molecular formula is C29H28N4O3. The lowest BCUT2D eigenvalue weighted by Gasteiger charge is -2.60. The molecule has 3 aliphatic heterocycles. The van der Waals surface area contributed by atoms with Crippen LogP contribution in [0.2, 0.25) is 0 Å². The summed E-state index contributed by atoms with van der Waals surface area (Å²) in [6.45, 7) is 8.16. The highest BCUT2D eigenvalue weighted by Gasteiger charge is 2.52. The zero-order valence-corrected chi connectivity index (χ0v) is 20.3. The predicted octanol–water partition coefficient (Wildman–Crippen LogP) is 3.60. The van der Waals surface area contributed by atoms with Gasteiger partial charge in [0, 0.05) is 56.3 Å². The van der Waals surface area contributed by atoms with Crippen LogP contribution in [0.15, 0.2) is 73.3 Å². The number of aromatic nitrogens is 1. The minimum Gasteiger partial charge on any atom is -0.466 e. The lowest BCUT2D eigenvalue weighted by molar-refractivity contribution is -0.154. The smallest absolute Gasteiger partial charge is 0.264 e. The molecule has 0 bridgehead atoms. The van der Waals surface area contributed by atoms with E-state index < -0.39 is 0 Å². The van der Waals surface area contributed by atoms with Crippen molar-refractivity contribution in [2.75, 3.05) is 44.7 Å². The first-order valence-corrected chi connectivity index (χ1v) is 12.2. The van der Waals surface area contributed by atoms with Gasteiger partial charge in [-0.1, -0.05) is 61.2 Å². The van der Waals surface area contributed by atoms with Gasteiger partial charge in [0.1, 0.15) is 5.69 Å². The minimum atomic E-state index is -0.0879. The second-order valence-corrected chi connectivity index (χ2v) is 10.1. The van der Waals surface area contributed by atoms with E-state index in [1.807, 2.05) is 29.2 Å². The number of nitrogens with zero attached hydrogens (tertiary/aromatic N) is 4. The molecule has 2 aromatic carbocycles. The molecule has 3 aliphatic rings. The Balaban J connectivity index is 1.22. The summed E-state index contributed by atoms with van der Waals surface area (Å²) in [6, 6.07) is 20.6. The van der Waals surface area contributed by atoms with Crippen molar-refractivity contribution in [2.24, 2.45) is 5.41 Å². The highest BCUT2D eigenvalue weighted by atomic mass is 16.5. The fraction of sp³-hybridized carbons (Fsp3) is 0.276. The molecule has 7 nitrogen and oxygen atoms in total. The number of hydrogen-bond acceptors (Lipinski definition) is 5. The van der Waals surface area contributed by atoms with E-state index in [2.05, 4.69) is 47.9 Å². The summed E-state index contributed by atoms with van der Waals surface area (Å²) in [5, 5.41) is 0. The first kappa shape index (κ1) is 22.5. The molecule has 3 aromatic rings. The van der Waals surface area contributed by atoms with Crippen molar-refractivity contribution >= 4 is 17.5 Å². The number of likely N-dealkylation sites (tertiary alicyclic amines) is 2. The molecule has 7 heteroatoms. The quantitative estimate of drug-likeness (QED) is 0.522. The third-order valence-electron chi connectivity index (χ3n) is 7.41. The SMILES string of the molecule is C=CC(=O)N1CC2(CN(Cc3ccc(-c4nc5c(cc4-c4ccccc4)N(C)C(=O)CO5)cc3)C2)C1. The van der Waals surface area contributed by atoms with Gasteiger partial charge in [0.2, 0.25) is 11.8 Å². The van der Waals surface area contributed by atoms with Crippen LogP contribution in [0, 0.1) is 5.41 Å². The Morgan fingerprint density at radius 1 is 1.06 bits per heavy atom. The number of amides is 2. The number of benzene rings is 2. The Kier molecular flexibility index (Phi) is 5.38. The molecule has 6 rings (SSSR count). The van der Waals surface area contributed by atoms with Gasteiger partial charge >= 0.3 is 0 Å². The number of rotatable bonds is 5. The zero-order valence-electron chi connectivity index (χ0n) is 20.3. The van der Waals surface area contributed by atoms with Crippen LogP contribution in [0.5, 0.6) is 5.88 Å². The van der Waals surface area contributed by atoms with Crippen LogP contribution >= 0.6 is 0 Å². The number of pyridine rings is 1. The molecule has 2 saturated heterocycles. The average Bonchev–Trinajstić information content (AvgIpc) is 2.87. The minimum absolute atomic E-state index is 0.00357. The van der Waals surface area contributed by atoms with Gasteiger partial charge in [-0.15, -0.1) is 0 Å². The van der Waals surface area contributed by atoms with Gasteiger partial charge < -0.3 is 14.5 Å². The zero-order chi connectivity index (χ0) is 24.9. The van der Waals surface area contributed by atoms with Gasteiger partial charge in [-0.25, -0.2) is 4.98 Å². The highest BCUT2D eigenvalue weighted by Crippen LogP contribution is 2.41. The maximum absolute atomic E-state index is 12.2. The second-order valence-electron chi connectivity index (χ2n) is 10.1. The van der Waals surface area contributed by atoms with E-state index in [-0.39, 0.29) is 23.8 Å². The molecule has 36 heavy (non-hydrogen) atoms. The van der Waals surface area contributed by atoms with Gasteiger partial charge in [-0.3, -0.25) is 14.5 Å². The Bertz CT molecular complexity index is 1340. The van der Waals surface area contributed by atoms with E-state index in [0.717, 1.165) is 55.1 Å². The number of fused-ring (bicyclic) bond motifs is 1. The molecule has 0 aliphatic carbocycles. The maximum atomic E-state index is 12.2. The summed E-state index contributed by atoms with van der Waals surface area (Å²) in [6.07, 6.45) is 1.40. The first-order valence-electron chi connectivity index (χ1n) is 12.2. The monoisotopic (exact) mass is 480 g/mol. The number of hydrogen-bond donors (Lipinski definition) is 0. The van der Waals surface area contributed by atoms with E-state index >= 15 is 0 Å². The van der Waals surface area contributed by atoms with Gasteiger partial charge in [-0.05, 0) is 23.3 Å². The molecule has 0 unspecified atom stereocenters. The standard InChI is InChI=1S/C29H28N4O3/c1-3-25(34)33-18-29(19-33)16-32(17-29)14-20-9-11-22(12-10-20)27-23(21-7-5-4-6-8-21)13-24-28(30-27)36-15-26(35)31(24)2/h3-13H,1,14-19H2,2H3. The number of ether oxygens (including phenoxy) is 1. The van der Waals surface area contributed by atoms with E-state index in [1.54, 1.807) is 11.9 Å². The van der Waals surface area contributed by atoms with Gasteiger partial charge in [0.15, 0.2) is 6.61 Å². The van der Waals surface area contributed by atoms with Gasteiger partial charge in [0.25, 0.3) is 5.91 Å². The Hall–Kier alpha value is -3.97. The lowest BCUT2D eigenvalue weighted by Crippen LogP contribution is -2.72. The molecule has 2 amide bonds. The summed E-state index contributed by atoms with van der Waals surface area (Å²) in [5.41, 5.74) is 6.02. The van der Waals surface area contributed by atoms with E-state index in [1.165, 1.54) is 11.6 Å². The average molecular weight is 481 g/mol. The van der Waals surface area contributed by atoms with Crippen LogP contribution in [-0.2, 0) is 16.1 Å². The van der Waals surface area contributed by atoms with E-state index in [9.17, 15) is 9.59 Å². The summed E-state index contributed by atoms with van der Waals surface area (Å²) in [5.74, 6) is 0.422. The third kappa shape index (κ3) is 3.85. The highest BCUT2D eigenvalue weighted by molar-refractivity contribution is 5.98. The van der Waals surface area contributed by atoms with E-state index in [4.69, 9.17) is 9.72 Å². The molecule has 182 valence electrons. The van der Waals surface area contributed by atoms with Crippen molar-refractivity contribution in [1.29, 1.82) is 0 Å². The molecule has 1 spiro atoms. The van der Waals surface area contributed by atoms with E-state index in [0.29, 0.717) is 11.6 Å². The molecule has 1 aromatic heterocycles. The Labute approximate surface area is 210 Å². The van der Waals surface area contributed by atoms with Crippen molar-refractivity contribution in [1.82, 2.24) is 14.8 Å². The molecule has 0 atom stereocenters. The second kappa shape index (κ2) is 8.60. The largest absolute Gasteiger partial charge is 0.466 e. The van der Waals surface area contributed by atoms with Crippen LogP contribution in [0.3, 0.4) is 0 Å². The molecule has 0 radical (unpaired) electrons. The predicted molar refractivity (Wildman–Crippen MR) is 139 cm³/mol. The third-order valence-corrected chi connectivity index (χ3v) is 7.41. The molecule has 4 heterocycles. The summed E-state index contributed by atoms with van der Waals surface area (Å²) in [7, 11) is 1.76. The number of carbonyl (C=O) groups excluding carboxylic acids is 2. The van der Waals surface area contributed by atoms with Crippen LogP contribution in [0.25, 0.3) is 22.4 Å². The van der Waals surface area contributed by atoms with Crippen LogP contribution in [0.1, 0.15) is 5.56 Å². The number of carbonyl (C=O) groups is 2. The first-order chi connectivity index (χ1) is 17.4. The van der Waals surface area contributed by atoms with Crippen LogP contribution in [-0.4, -0.2) is 66.4 Å². The van der Waals surface area contributed by atoms with Crippen molar-refractivity contribution in [3.63, 3.8) is 0 Å². The Morgan fingerprint density at radius 2 is 1.78 bits per heavy atom. The number of anilines is 1. The molecule has 0 saturated carbocycles. The van der Waals surface area contributed by atoms with Crippen molar-refractivity contribution < 1.29 is 14.3 Å². The Morgan fingerprint density at radius 3 is 2.47 bits per heavy atom. The fourth-order valence-electron chi connectivity index (χ4n) is 5.54. The van der Waals surface area contributed by atoms with Crippen LogP contribution < -0.4 is 9.64 Å².